The normalized spacial score (nSPS) is 13.9. The van der Waals surface area contributed by atoms with Gasteiger partial charge in [0.05, 0.1) is 30.4 Å². The maximum absolute atomic E-state index is 14.8. The number of carbonyl (C=O) groups excluding carboxylic acids is 1. The van der Waals surface area contributed by atoms with Crippen molar-refractivity contribution in [3.63, 3.8) is 0 Å². The van der Waals surface area contributed by atoms with Crippen molar-refractivity contribution in [2.75, 3.05) is 13.4 Å². The summed E-state index contributed by atoms with van der Waals surface area (Å²) < 4.78 is 47.4. The summed E-state index contributed by atoms with van der Waals surface area (Å²) >= 11 is 0. The zero-order valence-electron chi connectivity index (χ0n) is 19.3. The Morgan fingerprint density at radius 3 is 2.69 bits per heavy atom. The van der Waals surface area contributed by atoms with Crippen LogP contribution in [0.4, 0.5) is 4.39 Å². The fraction of sp³-hybridized carbons (Fsp3) is 0.333. The topological polar surface area (TPSA) is 108 Å². The number of ether oxygens (including phenoxy) is 1. The molecule has 0 saturated heterocycles. The molecule has 35 heavy (non-hydrogen) atoms. The largest absolute Gasteiger partial charge is 0.494 e. The number of hydrogen-bond donors (Lipinski definition) is 0. The number of methoxy groups -OCH3 is 1. The zero-order valence-corrected chi connectivity index (χ0v) is 20.1. The van der Waals surface area contributed by atoms with Gasteiger partial charge in [-0.25, -0.2) is 22.5 Å². The Morgan fingerprint density at radius 1 is 1.17 bits per heavy atom. The minimum atomic E-state index is -3.69. The van der Waals surface area contributed by atoms with E-state index in [1.54, 1.807) is 0 Å². The Labute approximate surface area is 201 Å². The van der Waals surface area contributed by atoms with Gasteiger partial charge in [-0.2, -0.15) is 0 Å². The first-order valence-corrected chi connectivity index (χ1v) is 13.1. The quantitative estimate of drug-likeness (QED) is 0.327. The monoisotopic (exact) mass is 497 g/mol. The SMILES string of the molecule is COc1ccc(S(C)(=O)=O)c(CCC(=O)c2cn(Cc3cn4cc(C5CC5)ccc4n3)nn2)c1F. The van der Waals surface area contributed by atoms with Gasteiger partial charge in [0, 0.05) is 30.6 Å². The maximum atomic E-state index is 14.8. The zero-order chi connectivity index (χ0) is 24.7. The summed E-state index contributed by atoms with van der Waals surface area (Å²) in [5.74, 6) is -0.596. The number of rotatable bonds is 9. The van der Waals surface area contributed by atoms with Crippen LogP contribution in [0.2, 0.25) is 0 Å². The Bertz CT molecular complexity index is 1540. The molecule has 0 N–H and O–H groups in total. The number of aromatic nitrogens is 5. The van der Waals surface area contributed by atoms with Crippen LogP contribution >= 0.6 is 0 Å². The van der Waals surface area contributed by atoms with Crippen molar-refractivity contribution in [2.24, 2.45) is 0 Å². The van der Waals surface area contributed by atoms with Gasteiger partial charge in [0.1, 0.15) is 11.3 Å². The van der Waals surface area contributed by atoms with Crippen molar-refractivity contribution in [1.82, 2.24) is 24.4 Å². The van der Waals surface area contributed by atoms with Crippen LogP contribution in [0.25, 0.3) is 5.65 Å². The molecule has 0 radical (unpaired) electrons. The fourth-order valence-electron chi connectivity index (χ4n) is 4.15. The lowest BCUT2D eigenvalue weighted by Crippen LogP contribution is -2.09. The molecule has 1 aromatic carbocycles. The number of ketones is 1. The van der Waals surface area contributed by atoms with Gasteiger partial charge in [-0.15, -0.1) is 5.10 Å². The highest BCUT2D eigenvalue weighted by Crippen LogP contribution is 2.39. The third-order valence-corrected chi connectivity index (χ3v) is 7.29. The highest BCUT2D eigenvalue weighted by atomic mass is 32.2. The summed E-state index contributed by atoms with van der Waals surface area (Å²) in [6.07, 6.45) is 8.74. The molecule has 4 aromatic rings. The van der Waals surface area contributed by atoms with E-state index in [0.29, 0.717) is 12.5 Å². The Kier molecular flexibility index (Phi) is 5.87. The number of fused-ring (bicyclic) bond motifs is 1. The van der Waals surface area contributed by atoms with Crippen LogP contribution in [0.5, 0.6) is 5.75 Å². The number of sulfone groups is 1. The summed E-state index contributed by atoms with van der Waals surface area (Å²) in [5, 5.41) is 7.97. The molecule has 0 spiro atoms. The van der Waals surface area contributed by atoms with Crippen LogP contribution in [0.1, 0.15) is 52.5 Å². The second kappa shape index (κ2) is 8.88. The predicted octanol–water partition coefficient (Wildman–Crippen LogP) is 3.22. The molecule has 3 heterocycles. The van der Waals surface area contributed by atoms with Crippen molar-refractivity contribution in [2.45, 2.75) is 43.0 Å². The van der Waals surface area contributed by atoms with Crippen LogP contribution in [0.3, 0.4) is 0 Å². The van der Waals surface area contributed by atoms with E-state index in [9.17, 15) is 17.6 Å². The van der Waals surface area contributed by atoms with E-state index in [0.717, 1.165) is 17.6 Å². The Balaban J connectivity index is 1.29. The summed E-state index contributed by atoms with van der Waals surface area (Å²) in [4.78, 5) is 17.2. The molecule has 1 fully saturated rings. The second-order valence-electron chi connectivity index (χ2n) is 8.79. The van der Waals surface area contributed by atoms with Gasteiger partial charge in [-0.3, -0.25) is 4.79 Å². The lowest BCUT2D eigenvalue weighted by molar-refractivity contribution is 0.0977. The summed E-state index contributed by atoms with van der Waals surface area (Å²) in [6.45, 7) is 0.337. The smallest absolute Gasteiger partial charge is 0.185 e. The number of benzene rings is 1. The first kappa shape index (κ1) is 23.2. The first-order chi connectivity index (χ1) is 16.7. The fourth-order valence-corrected chi connectivity index (χ4v) is 5.11. The van der Waals surface area contributed by atoms with Crippen LogP contribution in [0, 0.1) is 5.82 Å². The number of halogens is 1. The summed E-state index contributed by atoms with van der Waals surface area (Å²) in [7, 11) is -2.39. The highest BCUT2D eigenvalue weighted by Gasteiger charge is 2.24. The molecule has 0 atom stereocenters. The van der Waals surface area contributed by atoms with E-state index in [1.165, 1.54) is 48.5 Å². The molecule has 1 saturated carbocycles. The molecule has 5 rings (SSSR count). The first-order valence-electron chi connectivity index (χ1n) is 11.2. The molecule has 0 amide bonds. The van der Waals surface area contributed by atoms with Crippen molar-refractivity contribution in [3.8, 4) is 5.75 Å². The molecule has 1 aliphatic rings. The maximum Gasteiger partial charge on any atom is 0.185 e. The predicted molar refractivity (Wildman–Crippen MR) is 125 cm³/mol. The van der Waals surface area contributed by atoms with E-state index in [1.807, 2.05) is 16.7 Å². The van der Waals surface area contributed by atoms with Gasteiger partial charge < -0.3 is 9.14 Å². The van der Waals surface area contributed by atoms with Gasteiger partial charge in [-0.05, 0) is 48.9 Å². The van der Waals surface area contributed by atoms with Gasteiger partial charge >= 0.3 is 0 Å². The molecule has 182 valence electrons. The van der Waals surface area contributed by atoms with E-state index in [-0.39, 0.29) is 40.5 Å². The van der Waals surface area contributed by atoms with E-state index in [4.69, 9.17) is 4.74 Å². The molecule has 0 aliphatic heterocycles. The van der Waals surface area contributed by atoms with E-state index >= 15 is 0 Å². The summed E-state index contributed by atoms with van der Waals surface area (Å²) in [5.41, 5.74) is 2.96. The number of Topliss-reactive ketones (excluding diaryl/α,β-unsaturated/α-hetero) is 1. The number of hydrogen-bond acceptors (Lipinski definition) is 7. The van der Waals surface area contributed by atoms with Crippen LogP contribution in [-0.2, 0) is 22.8 Å². The molecule has 0 unspecified atom stereocenters. The van der Waals surface area contributed by atoms with E-state index in [2.05, 4.69) is 27.6 Å². The number of nitrogens with zero attached hydrogens (tertiary/aromatic N) is 5. The minimum absolute atomic E-state index is 0.0807. The minimum Gasteiger partial charge on any atom is -0.494 e. The van der Waals surface area contributed by atoms with E-state index < -0.39 is 15.7 Å². The number of carbonyl (C=O) groups is 1. The molecule has 9 nitrogen and oxygen atoms in total. The average molecular weight is 498 g/mol. The molecule has 0 bridgehead atoms. The molecule has 11 heteroatoms. The lowest BCUT2D eigenvalue weighted by Gasteiger charge is -2.11. The second-order valence-corrected chi connectivity index (χ2v) is 10.8. The van der Waals surface area contributed by atoms with Crippen LogP contribution in [-0.4, -0.2) is 51.9 Å². The van der Waals surface area contributed by atoms with Crippen LogP contribution < -0.4 is 4.74 Å². The third kappa shape index (κ3) is 4.81. The molecule has 3 aromatic heterocycles. The van der Waals surface area contributed by atoms with Crippen LogP contribution in [0.15, 0.2) is 47.8 Å². The standard InChI is InChI=1S/C24H24FN5O4S/c1-34-21-8-9-22(35(2,32)33)18(24(21)25)6-7-20(31)19-14-30(28-27-19)13-17-12-29-11-16(15-3-4-15)5-10-23(29)26-17/h5,8-12,14-15H,3-4,6-7,13H2,1-2H3. The lowest BCUT2D eigenvalue weighted by atomic mass is 10.1. The number of imidazole rings is 1. The van der Waals surface area contributed by atoms with Gasteiger partial charge in [-0.1, -0.05) is 11.3 Å². The highest BCUT2D eigenvalue weighted by molar-refractivity contribution is 7.90. The van der Waals surface area contributed by atoms with Crippen molar-refractivity contribution >= 4 is 21.3 Å². The van der Waals surface area contributed by atoms with Gasteiger partial charge in [0.2, 0.25) is 0 Å². The number of pyridine rings is 1. The third-order valence-electron chi connectivity index (χ3n) is 6.11. The molecular formula is C24H24FN5O4S. The average Bonchev–Trinajstić information content (AvgIpc) is 3.43. The molecule has 1 aliphatic carbocycles. The van der Waals surface area contributed by atoms with Crippen molar-refractivity contribution in [3.05, 3.63) is 71.2 Å². The van der Waals surface area contributed by atoms with Crippen molar-refractivity contribution in [1.29, 1.82) is 0 Å². The molecular weight excluding hydrogens is 473 g/mol. The van der Waals surface area contributed by atoms with Crippen molar-refractivity contribution < 1.29 is 22.3 Å². The van der Waals surface area contributed by atoms with Gasteiger partial charge in [0.15, 0.2) is 27.2 Å². The Morgan fingerprint density at radius 2 is 1.97 bits per heavy atom. The Hall–Kier alpha value is -3.60. The summed E-state index contributed by atoms with van der Waals surface area (Å²) in [6, 6.07) is 6.65. The van der Waals surface area contributed by atoms with Gasteiger partial charge in [0.25, 0.3) is 0 Å².